The molecule has 3 rings (SSSR count). The van der Waals surface area contributed by atoms with Gasteiger partial charge in [-0.25, -0.2) is 0 Å². The quantitative estimate of drug-likeness (QED) is 0.914. The fourth-order valence-electron chi connectivity index (χ4n) is 2.81. The van der Waals surface area contributed by atoms with Gasteiger partial charge >= 0.3 is 0 Å². The number of carbonyl (C=O) groups is 1. The minimum atomic E-state index is -0.998. The number of amides is 1. The second-order valence-corrected chi connectivity index (χ2v) is 5.75. The predicted octanol–water partition coefficient (Wildman–Crippen LogP) is 2.16. The Balaban J connectivity index is 1.71. The highest BCUT2D eigenvalue weighted by Crippen LogP contribution is 2.25. The number of hydrogen-bond donors (Lipinski definition) is 1. The van der Waals surface area contributed by atoms with E-state index in [4.69, 9.17) is 9.47 Å². The molecule has 0 spiro atoms. The van der Waals surface area contributed by atoms with Crippen LogP contribution in [0.4, 0.5) is 0 Å². The van der Waals surface area contributed by atoms with E-state index < -0.39 is 12.2 Å². The molecule has 2 atom stereocenters. The lowest BCUT2D eigenvalue weighted by molar-refractivity contribution is -0.164. The summed E-state index contributed by atoms with van der Waals surface area (Å²) in [5, 5.41) is 10.5. The minimum absolute atomic E-state index is 0.187. The largest absolute Gasteiger partial charge is 0.497 e. The number of carbonyl (C=O) groups excluding carboxylic acids is 1. The van der Waals surface area contributed by atoms with Gasteiger partial charge in [0.25, 0.3) is 5.91 Å². The van der Waals surface area contributed by atoms with Crippen molar-refractivity contribution in [3.05, 3.63) is 65.7 Å². The summed E-state index contributed by atoms with van der Waals surface area (Å²) in [5.74, 6) is 0.515. The molecule has 126 valence electrons. The number of hydrogen-bond acceptors (Lipinski definition) is 4. The molecule has 2 aromatic carbocycles. The molecule has 24 heavy (non-hydrogen) atoms. The average molecular weight is 327 g/mol. The van der Waals surface area contributed by atoms with Gasteiger partial charge in [-0.3, -0.25) is 4.79 Å². The molecule has 1 amide bonds. The molecule has 0 unspecified atom stereocenters. The highest BCUT2D eigenvalue weighted by atomic mass is 16.5. The standard InChI is InChI=1S/C19H21NO4/c1-23-16-9-7-15(8-10-16)17(21)18-19(22)20(11-12-24-18)13-14-5-3-2-4-6-14/h2-10,17-18,21H,11-13H2,1H3/t17-,18+/m0/s1. The Hall–Kier alpha value is -2.37. The van der Waals surface area contributed by atoms with Crippen LogP contribution in [0.15, 0.2) is 54.6 Å². The van der Waals surface area contributed by atoms with Gasteiger partial charge in [-0.05, 0) is 23.3 Å². The third kappa shape index (κ3) is 3.58. The number of morpholine rings is 1. The van der Waals surface area contributed by atoms with Crippen molar-refractivity contribution in [3.63, 3.8) is 0 Å². The Labute approximate surface area is 141 Å². The van der Waals surface area contributed by atoms with Crippen molar-refractivity contribution in [2.45, 2.75) is 18.8 Å². The molecule has 1 heterocycles. The summed E-state index contributed by atoms with van der Waals surface area (Å²) in [5.41, 5.74) is 1.70. The molecule has 1 saturated heterocycles. The first-order valence-electron chi connectivity index (χ1n) is 7.95. The summed E-state index contributed by atoms with van der Waals surface area (Å²) in [4.78, 5) is 14.4. The molecule has 0 radical (unpaired) electrons. The fourth-order valence-corrected chi connectivity index (χ4v) is 2.81. The zero-order valence-electron chi connectivity index (χ0n) is 13.6. The van der Waals surface area contributed by atoms with Gasteiger partial charge in [0.1, 0.15) is 11.9 Å². The van der Waals surface area contributed by atoms with Crippen molar-refractivity contribution in [1.82, 2.24) is 4.90 Å². The van der Waals surface area contributed by atoms with E-state index in [2.05, 4.69) is 0 Å². The van der Waals surface area contributed by atoms with Gasteiger partial charge in [0.15, 0.2) is 6.10 Å². The molecule has 0 aromatic heterocycles. The Morgan fingerprint density at radius 2 is 1.92 bits per heavy atom. The lowest BCUT2D eigenvalue weighted by Crippen LogP contribution is -2.49. The molecule has 0 bridgehead atoms. The third-order valence-corrected chi connectivity index (χ3v) is 4.17. The van der Waals surface area contributed by atoms with E-state index in [1.807, 2.05) is 30.3 Å². The second kappa shape index (κ2) is 7.47. The van der Waals surface area contributed by atoms with Crippen LogP contribution in [0.2, 0.25) is 0 Å². The van der Waals surface area contributed by atoms with Crippen LogP contribution in [-0.4, -0.2) is 42.3 Å². The summed E-state index contributed by atoms with van der Waals surface area (Å²) in [6, 6.07) is 16.8. The van der Waals surface area contributed by atoms with E-state index in [0.29, 0.717) is 31.0 Å². The van der Waals surface area contributed by atoms with Crippen LogP contribution in [-0.2, 0) is 16.1 Å². The lowest BCUT2D eigenvalue weighted by Gasteiger charge is -2.34. The average Bonchev–Trinajstić information content (AvgIpc) is 2.64. The second-order valence-electron chi connectivity index (χ2n) is 5.75. The Kier molecular flexibility index (Phi) is 5.13. The maximum Gasteiger partial charge on any atom is 0.255 e. The molecular weight excluding hydrogens is 306 g/mol. The van der Waals surface area contributed by atoms with E-state index in [-0.39, 0.29) is 5.91 Å². The summed E-state index contributed by atoms with van der Waals surface area (Å²) in [6.07, 6.45) is -1.88. The van der Waals surface area contributed by atoms with Crippen LogP contribution in [0.3, 0.4) is 0 Å². The highest BCUT2D eigenvalue weighted by Gasteiger charge is 2.35. The van der Waals surface area contributed by atoms with E-state index in [1.54, 1.807) is 36.3 Å². The molecule has 5 nitrogen and oxygen atoms in total. The molecule has 5 heteroatoms. The van der Waals surface area contributed by atoms with E-state index in [0.717, 1.165) is 5.56 Å². The maximum absolute atomic E-state index is 12.7. The summed E-state index contributed by atoms with van der Waals surface area (Å²) >= 11 is 0. The van der Waals surface area contributed by atoms with Gasteiger partial charge in [-0.2, -0.15) is 0 Å². The molecule has 1 aliphatic rings. The van der Waals surface area contributed by atoms with Crippen LogP contribution < -0.4 is 4.74 Å². The van der Waals surface area contributed by atoms with Crippen molar-refractivity contribution in [1.29, 1.82) is 0 Å². The van der Waals surface area contributed by atoms with Gasteiger partial charge in [0, 0.05) is 13.1 Å². The number of ether oxygens (including phenoxy) is 2. The zero-order valence-corrected chi connectivity index (χ0v) is 13.6. The van der Waals surface area contributed by atoms with E-state index >= 15 is 0 Å². The summed E-state index contributed by atoms with van der Waals surface area (Å²) in [6.45, 7) is 1.46. The molecule has 0 aliphatic carbocycles. The third-order valence-electron chi connectivity index (χ3n) is 4.17. The van der Waals surface area contributed by atoms with Crippen molar-refractivity contribution in [2.75, 3.05) is 20.3 Å². The number of benzene rings is 2. The number of aliphatic hydroxyl groups is 1. The first-order valence-corrected chi connectivity index (χ1v) is 7.95. The van der Waals surface area contributed by atoms with Crippen LogP contribution in [0.5, 0.6) is 5.75 Å². The molecule has 2 aromatic rings. The Morgan fingerprint density at radius 1 is 1.21 bits per heavy atom. The van der Waals surface area contributed by atoms with Crippen molar-refractivity contribution >= 4 is 5.91 Å². The van der Waals surface area contributed by atoms with Crippen LogP contribution in [0, 0.1) is 0 Å². The van der Waals surface area contributed by atoms with Crippen LogP contribution in [0.1, 0.15) is 17.2 Å². The molecule has 0 saturated carbocycles. The number of nitrogens with zero attached hydrogens (tertiary/aromatic N) is 1. The highest BCUT2D eigenvalue weighted by molar-refractivity contribution is 5.82. The first kappa shape index (κ1) is 16.5. The van der Waals surface area contributed by atoms with Gasteiger partial charge in [0.05, 0.1) is 13.7 Å². The number of methoxy groups -OCH3 is 1. The topological polar surface area (TPSA) is 59.0 Å². The summed E-state index contributed by atoms with van der Waals surface area (Å²) < 4.78 is 10.7. The Morgan fingerprint density at radius 3 is 2.58 bits per heavy atom. The predicted molar refractivity (Wildman–Crippen MR) is 89.6 cm³/mol. The van der Waals surface area contributed by atoms with Crippen LogP contribution >= 0.6 is 0 Å². The molecule has 1 aliphatic heterocycles. The van der Waals surface area contributed by atoms with Gasteiger partial charge in [0.2, 0.25) is 0 Å². The van der Waals surface area contributed by atoms with Crippen molar-refractivity contribution < 1.29 is 19.4 Å². The van der Waals surface area contributed by atoms with E-state index in [9.17, 15) is 9.90 Å². The smallest absolute Gasteiger partial charge is 0.255 e. The SMILES string of the molecule is COc1ccc([C@H](O)[C@H]2OCCN(Cc3ccccc3)C2=O)cc1. The molecule has 1 fully saturated rings. The van der Waals surface area contributed by atoms with Crippen molar-refractivity contribution in [3.8, 4) is 5.75 Å². The van der Waals surface area contributed by atoms with Gasteiger partial charge in [-0.1, -0.05) is 42.5 Å². The maximum atomic E-state index is 12.7. The monoisotopic (exact) mass is 327 g/mol. The van der Waals surface area contributed by atoms with E-state index in [1.165, 1.54) is 0 Å². The lowest BCUT2D eigenvalue weighted by atomic mass is 10.0. The molecule has 1 N–H and O–H groups in total. The normalized spacial score (nSPS) is 19.2. The summed E-state index contributed by atoms with van der Waals surface area (Å²) in [7, 11) is 1.58. The van der Waals surface area contributed by atoms with Gasteiger partial charge in [-0.15, -0.1) is 0 Å². The number of aliphatic hydroxyl groups excluding tert-OH is 1. The number of rotatable bonds is 5. The first-order chi connectivity index (χ1) is 11.7. The van der Waals surface area contributed by atoms with Crippen LogP contribution in [0.25, 0.3) is 0 Å². The fraction of sp³-hybridized carbons (Fsp3) is 0.316. The minimum Gasteiger partial charge on any atom is -0.497 e. The zero-order chi connectivity index (χ0) is 16.9. The Bertz CT molecular complexity index is 672. The van der Waals surface area contributed by atoms with Crippen molar-refractivity contribution in [2.24, 2.45) is 0 Å². The molecular formula is C19H21NO4. The van der Waals surface area contributed by atoms with Gasteiger partial charge < -0.3 is 19.5 Å².